The minimum absolute atomic E-state index is 0. The quantitative estimate of drug-likeness (QED) is 0.829. The van der Waals surface area contributed by atoms with Crippen molar-refractivity contribution in [3.05, 3.63) is 34.9 Å². The number of rotatable bonds is 3. The summed E-state index contributed by atoms with van der Waals surface area (Å²) in [5.41, 5.74) is 0.910. The van der Waals surface area contributed by atoms with Crippen LogP contribution in [0.1, 0.15) is 25.5 Å². The summed E-state index contributed by atoms with van der Waals surface area (Å²) in [7, 11) is -3.56. The first-order valence-electron chi connectivity index (χ1n) is 8.26. The molecule has 6 nitrogen and oxygen atoms in total. The number of ether oxygens (including phenoxy) is 1. The van der Waals surface area contributed by atoms with Crippen molar-refractivity contribution >= 4 is 34.2 Å². The van der Waals surface area contributed by atoms with Gasteiger partial charge in [-0.1, -0.05) is 23.7 Å². The van der Waals surface area contributed by atoms with E-state index in [1.165, 1.54) is 0 Å². The Labute approximate surface area is 161 Å². The maximum Gasteiger partial charge on any atom is 0.282 e. The lowest BCUT2D eigenvalue weighted by molar-refractivity contribution is -0.0459. The van der Waals surface area contributed by atoms with E-state index in [9.17, 15) is 8.42 Å². The Morgan fingerprint density at radius 1 is 1.24 bits per heavy atom. The second-order valence-electron chi connectivity index (χ2n) is 6.47. The molecule has 9 heteroatoms. The van der Waals surface area contributed by atoms with Crippen LogP contribution in [-0.4, -0.2) is 62.0 Å². The standard InChI is InChI=1S/C16H24ClN3O3S.ClH/c1-12-10-19(11-13(2)23-12)24(21,22)20-7-6-18-9-16(20)14-4-3-5-15(17)8-14;/h3-5,8,12-13,16,18H,6-7,9-11H2,1-2H3;1H. The molecule has 3 unspecified atom stereocenters. The summed E-state index contributed by atoms with van der Waals surface area (Å²) in [6, 6.07) is 7.17. The zero-order chi connectivity index (χ0) is 17.3. The lowest BCUT2D eigenvalue weighted by Crippen LogP contribution is -2.57. The molecule has 0 radical (unpaired) electrons. The van der Waals surface area contributed by atoms with E-state index >= 15 is 0 Å². The van der Waals surface area contributed by atoms with E-state index < -0.39 is 10.2 Å². The maximum absolute atomic E-state index is 13.2. The van der Waals surface area contributed by atoms with E-state index in [0.717, 1.165) is 5.56 Å². The first kappa shape index (κ1) is 20.9. The van der Waals surface area contributed by atoms with Crippen molar-refractivity contribution in [2.24, 2.45) is 0 Å². The molecule has 1 aromatic rings. The third kappa shape index (κ3) is 4.66. The first-order chi connectivity index (χ1) is 11.4. The van der Waals surface area contributed by atoms with Crippen LogP contribution in [0, 0.1) is 0 Å². The highest BCUT2D eigenvalue weighted by molar-refractivity contribution is 7.86. The SMILES string of the molecule is CC1CN(S(=O)(=O)N2CCNCC2c2cccc(Cl)c2)CC(C)O1.Cl. The third-order valence-corrected chi connectivity index (χ3v) is 6.65. The number of hydrogen-bond acceptors (Lipinski definition) is 4. The maximum atomic E-state index is 13.2. The van der Waals surface area contributed by atoms with Crippen molar-refractivity contribution in [2.45, 2.75) is 32.1 Å². The summed E-state index contributed by atoms with van der Waals surface area (Å²) in [6.45, 7) is 6.26. The summed E-state index contributed by atoms with van der Waals surface area (Å²) in [5.74, 6) is 0. The Bertz CT molecular complexity index is 679. The van der Waals surface area contributed by atoms with Gasteiger partial charge in [-0.05, 0) is 31.5 Å². The van der Waals surface area contributed by atoms with Gasteiger partial charge in [0.15, 0.2) is 0 Å². The van der Waals surface area contributed by atoms with Crippen LogP contribution in [0.2, 0.25) is 5.02 Å². The molecule has 1 aromatic carbocycles. The Kier molecular flexibility index (Phi) is 7.12. The van der Waals surface area contributed by atoms with Crippen LogP contribution in [0.3, 0.4) is 0 Å². The third-order valence-electron chi connectivity index (χ3n) is 4.44. The van der Waals surface area contributed by atoms with Gasteiger partial charge in [0.2, 0.25) is 0 Å². The number of piperazine rings is 1. The van der Waals surface area contributed by atoms with Crippen molar-refractivity contribution in [1.29, 1.82) is 0 Å². The van der Waals surface area contributed by atoms with Gasteiger partial charge in [-0.3, -0.25) is 0 Å². The van der Waals surface area contributed by atoms with Gasteiger partial charge in [0.05, 0.1) is 18.2 Å². The van der Waals surface area contributed by atoms with Crippen molar-refractivity contribution < 1.29 is 13.2 Å². The van der Waals surface area contributed by atoms with Gasteiger partial charge < -0.3 is 10.1 Å². The van der Waals surface area contributed by atoms with Crippen molar-refractivity contribution in [3.8, 4) is 0 Å². The average Bonchev–Trinajstić information content (AvgIpc) is 2.54. The fourth-order valence-corrected chi connectivity index (χ4v) is 5.56. The van der Waals surface area contributed by atoms with Crippen molar-refractivity contribution in [2.75, 3.05) is 32.7 Å². The second-order valence-corrected chi connectivity index (χ2v) is 8.79. The van der Waals surface area contributed by atoms with Gasteiger partial charge >= 0.3 is 0 Å². The highest BCUT2D eigenvalue weighted by Gasteiger charge is 2.40. The Morgan fingerprint density at radius 2 is 1.92 bits per heavy atom. The Balaban J connectivity index is 0.00000225. The lowest BCUT2D eigenvalue weighted by atomic mass is 10.1. The number of hydrogen-bond donors (Lipinski definition) is 1. The van der Waals surface area contributed by atoms with E-state index in [-0.39, 0.29) is 30.7 Å². The van der Waals surface area contributed by atoms with E-state index in [2.05, 4.69) is 5.32 Å². The molecule has 2 aliphatic heterocycles. The van der Waals surface area contributed by atoms with Crippen LogP contribution in [0.15, 0.2) is 24.3 Å². The highest BCUT2D eigenvalue weighted by Crippen LogP contribution is 2.29. The van der Waals surface area contributed by atoms with Gasteiger partial charge in [0, 0.05) is 37.7 Å². The molecule has 25 heavy (non-hydrogen) atoms. The van der Waals surface area contributed by atoms with Gasteiger partial charge in [0.1, 0.15) is 0 Å². The number of nitrogens with zero attached hydrogens (tertiary/aromatic N) is 2. The molecule has 0 spiro atoms. The lowest BCUT2D eigenvalue weighted by Gasteiger charge is -2.41. The molecule has 0 aliphatic carbocycles. The molecule has 2 saturated heterocycles. The topological polar surface area (TPSA) is 61.9 Å². The Morgan fingerprint density at radius 3 is 2.56 bits per heavy atom. The fraction of sp³-hybridized carbons (Fsp3) is 0.625. The van der Waals surface area contributed by atoms with Crippen molar-refractivity contribution in [3.63, 3.8) is 0 Å². The normalized spacial score (nSPS) is 29.2. The van der Waals surface area contributed by atoms with Crippen LogP contribution >= 0.6 is 24.0 Å². The van der Waals surface area contributed by atoms with E-state index in [1.54, 1.807) is 14.7 Å². The minimum atomic E-state index is -3.56. The minimum Gasteiger partial charge on any atom is -0.373 e. The van der Waals surface area contributed by atoms with Gasteiger partial charge in [-0.25, -0.2) is 0 Å². The van der Waals surface area contributed by atoms with E-state index in [0.29, 0.717) is 37.7 Å². The van der Waals surface area contributed by atoms with Crippen LogP contribution in [0.25, 0.3) is 0 Å². The molecule has 142 valence electrons. The molecule has 2 heterocycles. The molecule has 3 atom stereocenters. The smallest absolute Gasteiger partial charge is 0.282 e. The largest absolute Gasteiger partial charge is 0.373 e. The molecule has 0 saturated carbocycles. The highest BCUT2D eigenvalue weighted by atomic mass is 35.5. The van der Waals surface area contributed by atoms with Crippen LogP contribution < -0.4 is 5.32 Å². The monoisotopic (exact) mass is 409 g/mol. The summed E-state index contributed by atoms with van der Waals surface area (Å²) < 4.78 is 35.3. The molecule has 2 fully saturated rings. The molecular formula is C16H25Cl2N3O3S. The molecule has 0 amide bonds. The van der Waals surface area contributed by atoms with Crippen LogP contribution in [0.4, 0.5) is 0 Å². The number of nitrogens with one attached hydrogen (secondary N) is 1. The van der Waals surface area contributed by atoms with Gasteiger partial charge in [-0.15, -0.1) is 12.4 Å². The molecule has 3 rings (SSSR count). The van der Waals surface area contributed by atoms with Crippen molar-refractivity contribution in [1.82, 2.24) is 13.9 Å². The zero-order valence-electron chi connectivity index (χ0n) is 14.4. The van der Waals surface area contributed by atoms with Crippen LogP contribution in [-0.2, 0) is 14.9 Å². The molecule has 1 N–H and O–H groups in total. The zero-order valence-corrected chi connectivity index (χ0v) is 16.8. The molecule has 2 aliphatic rings. The second kappa shape index (κ2) is 8.52. The number of benzene rings is 1. The van der Waals surface area contributed by atoms with E-state index in [1.807, 2.05) is 32.0 Å². The number of morpholine rings is 1. The summed E-state index contributed by atoms with van der Waals surface area (Å²) in [5, 5.41) is 3.90. The summed E-state index contributed by atoms with van der Waals surface area (Å²) >= 11 is 6.10. The van der Waals surface area contributed by atoms with Gasteiger partial charge in [0.25, 0.3) is 10.2 Å². The molecular weight excluding hydrogens is 385 g/mol. The molecule has 0 aromatic heterocycles. The Hall–Kier alpha value is -0.410. The summed E-state index contributed by atoms with van der Waals surface area (Å²) in [6.07, 6.45) is -0.202. The van der Waals surface area contributed by atoms with Crippen LogP contribution in [0.5, 0.6) is 0 Å². The predicted molar refractivity (Wildman–Crippen MR) is 102 cm³/mol. The van der Waals surface area contributed by atoms with E-state index in [4.69, 9.17) is 16.3 Å². The van der Waals surface area contributed by atoms with Gasteiger partial charge in [-0.2, -0.15) is 17.0 Å². The molecule has 0 bridgehead atoms. The number of halogens is 2. The summed E-state index contributed by atoms with van der Waals surface area (Å²) in [4.78, 5) is 0. The predicted octanol–water partition coefficient (Wildman–Crippen LogP) is 2.06. The first-order valence-corrected chi connectivity index (χ1v) is 10.0. The average molecular weight is 410 g/mol. The fourth-order valence-electron chi connectivity index (χ4n) is 3.43.